The van der Waals surface area contributed by atoms with Crippen LogP contribution in [0.3, 0.4) is 0 Å². The molecule has 476 valence electrons. The fourth-order valence-corrected chi connectivity index (χ4v) is 11.9. The summed E-state index contributed by atoms with van der Waals surface area (Å²) in [6, 6.07) is -0.620. The molecule has 0 aliphatic carbocycles. The average molecular weight is 1130 g/mol. The van der Waals surface area contributed by atoms with Crippen LogP contribution in [-0.2, 0) is 14.3 Å². The minimum atomic E-state index is -0.837. The summed E-state index contributed by atoms with van der Waals surface area (Å²) in [6.45, 7) is 4.92. The van der Waals surface area contributed by atoms with Gasteiger partial charge in [0, 0.05) is 12.8 Å². The number of ether oxygens (including phenoxy) is 1. The van der Waals surface area contributed by atoms with Gasteiger partial charge >= 0.3 is 5.97 Å². The van der Waals surface area contributed by atoms with Crippen molar-refractivity contribution < 1.29 is 24.5 Å². The first-order chi connectivity index (χ1) is 39.5. The number of carbonyl (C=O) groups excluding carboxylic acids is 2. The van der Waals surface area contributed by atoms with E-state index in [4.69, 9.17) is 4.74 Å². The van der Waals surface area contributed by atoms with Gasteiger partial charge in [0.05, 0.1) is 25.4 Å². The molecule has 0 aliphatic rings. The third kappa shape index (κ3) is 65.7. The van der Waals surface area contributed by atoms with E-state index >= 15 is 0 Å². The molecule has 0 aromatic carbocycles. The second kappa shape index (κ2) is 70.1. The molecule has 0 rings (SSSR count). The van der Waals surface area contributed by atoms with E-state index in [1.54, 1.807) is 6.08 Å². The van der Waals surface area contributed by atoms with E-state index in [9.17, 15) is 19.8 Å². The summed E-state index contributed by atoms with van der Waals surface area (Å²) in [4.78, 5) is 24.5. The number of aliphatic hydroxyl groups excluding tert-OH is 2. The quantitative estimate of drug-likeness (QED) is 0.0320. The molecule has 6 nitrogen and oxygen atoms in total. The van der Waals surface area contributed by atoms with Crippen molar-refractivity contribution in [1.29, 1.82) is 0 Å². The van der Waals surface area contributed by atoms with Crippen LogP contribution in [-0.4, -0.2) is 47.4 Å². The highest BCUT2D eigenvalue weighted by atomic mass is 16.5. The normalized spacial score (nSPS) is 12.5. The molecule has 6 heteroatoms. The Kier molecular flexibility index (Phi) is 68.9. The molecule has 0 saturated heterocycles. The zero-order valence-electron chi connectivity index (χ0n) is 54.6. The molecule has 0 fully saturated rings. The van der Waals surface area contributed by atoms with Crippen LogP contribution < -0.4 is 5.32 Å². The maximum absolute atomic E-state index is 12.4. The molecule has 0 aliphatic heterocycles. The Morgan fingerprint density at radius 1 is 0.338 bits per heavy atom. The van der Waals surface area contributed by atoms with Crippen LogP contribution in [0.2, 0.25) is 0 Å². The Labute approximate surface area is 501 Å². The van der Waals surface area contributed by atoms with Crippen molar-refractivity contribution in [3.05, 3.63) is 12.2 Å². The van der Waals surface area contributed by atoms with Gasteiger partial charge in [0.2, 0.25) is 5.91 Å². The lowest BCUT2D eigenvalue weighted by Gasteiger charge is -2.20. The van der Waals surface area contributed by atoms with E-state index in [0.29, 0.717) is 19.4 Å². The van der Waals surface area contributed by atoms with Crippen LogP contribution >= 0.6 is 0 Å². The molecular formula is C74H145NO5. The summed E-state index contributed by atoms with van der Waals surface area (Å²) in [7, 11) is 0. The Balaban J connectivity index is 3.26. The van der Waals surface area contributed by atoms with Gasteiger partial charge in [-0.25, -0.2) is 0 Å². The Bertz CT molecular complexity index is 1210. The number of carbonyl (C=O) groups is 2. The van der Waals surface area contributed by atoms with Crippen molar-refractivity contribution in [2.24, 2.45) is 0 Å². The summed E-state index contributed by atoms with van der Waals surface area (Å²) >= 11 is 0. The average Bonchev–Trinajstić information content (AvgIpc) is 3.46. The lowest BCUT2D eigenvalue weighted by molar-refractivity contribution is -0.143. The number of aliphatic hydroxyl groups is 2. The number of hydrogen-bond acceptors (Lipinski definition) is 5. The second-order valence-electron chi connectivity index (χ2n) is 25.6. The summed E-state index contributed by atoms with van der Waals surface area (Å²) < 4.78 is 5.51. The largest absolute Gasteiger partial charge is 0.466 e. The number of allylic oxidation sites excluding steroid dienone is 1. The van der Waals surface area contributed by atoms with E-state index in [2.05, 4.69) is 19.2 Å². The number of esters is 1. The number of amides is 1. The van der Waals surface area contributed by atoms with Gasteiger partial charge in [-0.1, -0.05) is 392 Å². The van der Waals surface area contributed by atoms with Gasteiger partial charge in [0.1, 0.15) is 0 Å². The molecule has 0 aromatic heterocycles. The second-order valence-corrected chi connectivity index (χ2v) is 25.6. The van der Waals surface area contributed by atoms with E-state index in [0.717, 1.165) is 38.5 Å². The first-order valence-corrected chi connectivity index (χ1v) is 37.0. The van der Waals surface area contributed by atoms with Crippen molar-refractivity contribution in [2.75, 3.05) is 13.2 Å². The Hall–Kier alpha value is -1.40. The highest BCUT2D eigenvalue weighted by Gasteiger charge is 2.18. The van der Waals surface area contributed by atoms with E-state index in [-0.39, 0.29) is 18.5 Å². The molecule has 0 spiro atoms. The van der Waals surface area contributed by atoms with Crippen molar-refractivity contribution in [3.8, 4) is 0 Å². The molecular weight excluding hydrogens is 983 g/mol. The molecule has 1 amide bonds. The van der Waals surface area contributed by atoms with Gasteiger partial charge in [-0.05, 0) is 32.1 Å². The zero-order chi connectivity index (χ0) is 57.8. The van der Waals surface area contributed by atoms with Crippen LogP contribution in [0.25, 0.3) is 0 Å². The Morgan fingerprint density at radius 3 is 0.850 bits per heavy atom. The SMILES string of the molecule is CCCCCCCCC/C=C/C(O)C(CO)NC(=O)CCCCCCCCCCCCCCCCCCCCCCCCCCCCCCCCCCCCCCCOC(=O)CCCCCCCCCCCCCCCCCCC. The maximum Gasteiger partial charge on any atom is 0.305 e. The zero-order valence-corrected chi connectivity index (χ0v) is 54.6. The molecule has 0 aromatic rings. The topological polar surface area (TPSA) is 95.9 Å². The minimum absolute atomic E-state index is 0.0280. The summed E-state index contributed by atoms with van der Waals surface area (Å²) in [5.74, 6) is -0.0349. The summed E-state index contributed by atoms with van der Waals surface area (Å²) in [6.07, 6.45) is 87.7. The molecule has 0 saturated carbocycles. The number of unbranched alkanes of at least 4 members (excludes halogenated alkanes) is 59. The predicted octanol–water partition coefficient (Wildman–Crippen LogP) is 23.9. The van der Waals surface area contributed by atoms with Gasteiger partial charge in [-0.3, -0.25) is 9.59 Å². The first-order valence-electron chi connectivity index (χ1n) is 37.0. The van der Waals surface area contributed by atoms with E-state index in [1.165, 1.54) is 360 Å². The molecule has 0 heterocycles. The van der Waals surface area contributed by atoms with E-state index in [1.807, 2.05) is 6.08 Å². The van der Waals surface area contributed by atoms with Gasteiger partial charge in [-0.15, -0.1) is 0 Å². The van der Waals surface area contributed by atoms with Gasteiger partial charge in [0.25, 0.3) is 0 Å². The van der Waals surface area contributed by atoms with Gasteiger partial charge in [-0.2, -0.15) is 0 Å². The lowest BCUT2D eigenvalue weighted by Crippen LogP contribution is -2.45. The van der Waals surface area contributed by atoms with Gasteiger partial charge in [0.15, 0.2) is 0 Å². The van der Waals surface area contributed by atoms with Crippen molar-refractivity contribution in [1.82, 2.24) is 5.32 Å². The molecule has 0 radical (unpaired) electrons. The third-order valence-electron chi connectivity index (χ3n) is 17.6. The van der Waals surface area contributed by atoms with Crippen LogP contribution in [0.15, 0.2) is 12.2 Å². The monoisotopic (exact) mass is 1130 g/mol. The standard InChI is InChI=1S/C74H145NO5/c1-3-5-7-9-11-13-14-15-16-38-42-45-48-52-56-60-64-68-74(79)80-69-65-61-57-53-49-46-43-40-37-35-33-31-29-27-25-23-21-19-17-18-20-22-24-26-28-30-32-34-36-39-41-44-47-51-55-59-63-67-73(78)75-71(70-76)72(77)66-62-58-54-50-12-10-8-6-4-2/h62,66,71-72,76-77H,3-61,63-65,67-70H2,1-2H3,(H,75,78)/b66-62+. The van der Waals surface area contributed by atoms with Crippen molar-refractivity contribution >= 4 is 11.9 Å². The lowest BCUT2D eigenvalue weighted by atomic mass is 10.0. The Morgan fingerprint density at radius 2 is 0.575 bits per heavy atom. The smallest absolute Gasteiger partial charge is 0.305 e. The van der Waals surface area contributed by atoms with Crippen LogP contribution in [0.1, 0.15) is 425 Å². The highest BCUT2D eigenvalue weighted by molar-refractivity contribution is 5.76. The number of rotatable bonds is 70. The van der Waals surface area contributed by atoms with Crippen LogP contribution in [0, 0.1) is 0 Å². The molecule has 0 bridgehead atoms. The van der Waals surface area contributed by atoms with Crippen LogP contribution in [0.5, 0.6) is 0 Å². The van der Waals surface area contributed by atoms with Crippen molar-refractivity contribution in [3.63, 3.8) is 0 Å². The first kappa shape index (κ1) is 78.6. The molecule has 2 atom stereocenters. The summed E-state index contributed by atoms with van der Waals surface area (Å²) in [5, 5.41) is 23.0. The van der Waals surface area contributed by atoms with E-state index < -0.39 is 12.1 Å². The fraction of sp³-hybridized carbons (Fsp3) is 0.946. The van der Waals surface area contributed by atoms with Gasteiger partial charge < -0.3 is 20.3 Å². The minimum Gasteiger partial charge on any atom is -0.466 e. The fourth-order valence-electron chi connectivity index (χ4n) is 11.9. The maximum atomic E-state index is 12.4. The number of nitrogens with one attached hydrogen (secondary N) is 1. The summed E-state index contributed by atoms with van der Waals surface area (Å²) in [5.41, 5.74) is 0. The molecule has 2 unspecified atom stereocenters. The third-order valence-corrected chi connectivity index (χ3v) is 17.6. The number of hydrogen-bond donors (Lipinski definition) is 3. The van der Waals surface area contributed by atoms with Crippen molar-refractivity contribution in [2.45, 2.75) is 437 Å². The predicted molar refractivity (Wildman–Crippen MR) is 352 cm³/mol. The highest BCUT2D eigenvalue weighted by Crippen LogP contribution is 2.20. The molecule has 80 heavy (non-hydrogen) atoms. The molecule has 3 N–H and O–H groups in total. The van der Waals surface area contributed by atoms with Crippen LogP contribution in [0.4, 0.5) is 0 Å².